The number of nitrogens with one attached hydrogen (secondary N) is 1. The van der Waals surface area contributed by atoms with Gasteiger partial charge in [0.15, 0.2) is 0 Å². The van der Waals surface area contributed by atoms with Crippen molar-refractivity contribution in [2.45, 2.75) is 13.8 Å². The maximum absolute atomic E-state index is 13.1. The zero-order chi connectivity index (χ0) is 21.3. The van der Waals surface area contributed by atoms with E-state index in [2.05, 4.69) is 5.32 Å². The lowest BCUT2D eigenvalue weighted by Gasteiger charge is -2.18. The molecule has 0 radical (unpaired) electrons. The number of methoxy groups -OCH3 is 1. The van der Waals surface area contributed by atoms with Crippen molar-refractivity contribution < 1.29 is 19.1 Å². The summed E-state index contributed by atoms with van der Waals surface area (Å²) in [6.07, 6.45) is -0.415. The van der Waals surface area contributed by atoms with Crippen molar-refractivity contribution in [2.24, 2.45) is 0 Å². The maximum Gasteiger partial charge on any atom is 0.414 e. The van der Waals surface area contributed by atoms with Crippen LogP contribution in [0.25, 0.3) is 5.69 Å². The first-order chi connectivity index (χ1) is 14.5. The van der Waals surface area contributed by atoms with Gasteiger partial charge in [-0.1, -0.05) is 12.1 Å². The van der Waals surface area contributed by atoms with Crippen molar-refractivity contribution in [1.29, 1.82) is 0 Å². The summed E-state index contributed by atoms with van der Waals surface area (Å²) in [7, 11) is 1.61. The molecule has 1 saturated heterocycles. The quantitative estimate of drug-likeness (QED) is 0.686. The number of para-hydroxylation sites is 2. The van der Waals surface area contributed by atoms with Crippen LogP contribution in [0.4, 0.5) is 16.2 Å². The Morgan fingerprint density at radius 1 is 1.03 bits per heavy atom. The molecule has 7 nitrogen and oxygen atoms in total. The summed E-state index contributed by atoms with van der Waals surface area (Å²) in [5, 5.41) is 2.93. The standard InChI is InChI=1S/C23H23N3O4/c1-15-8-9-16(2)26(15)20-14-17(10-11-21(20)29-3)22(27)24-18-6-4-5-7-19(18)25-12-13-30-23(25)28/h4-11,14H,12-13H2,1-3H3,(H,24,27). The molecular formula is C23H23N3O4. The summed E-state index contributed by atoms with van der Waals surface area (Å²) < 4.78 is 12.6. The number of aromatic nitrogens is 1. The summed E-state index contributed by atoms with van der Waals surface area (Å²) in [4.78, 5) is 26.5. The predicted octanol–water partition coefficient (Wildman–Crippen LogP) is 4.31. The third-order valence-corrected chi connectivity index (χ3v) is 5.16. The minimum absolute atomic E-state index is 0.277. The molecule has 1 fully saturated rings. The van der Waals surface area contributed by atoms with E-state index in [4.69, 9.17) is 9.47 Å². The molecule has 30 heavy (non-hydrogen) atoms. The minimum Gasteiger partial charge on any atom is -0.495 e. The summed E-state index contributed by atoms with van der Waals surface area (Å²) in [6, 6.07) is 16.5. The lowest BCUT2D eigenvalue weighted by atomic mass is 10.1. The van der Waals surface area contributed by atoms with Gasteiger partial charge in [0.1, 0.15) is 12.4 Å². The molecule has 1 aromatic heterocycles. The Hall–Kier alpha value is -3.74. The highest BCUT2D eigenvalue weighted by Gasteiger charge is 2.26. The summed E-state index contributed by atoms with van der Waals surface area (Å²) in [5.41, 5.74) is 4.52. The molecule has 2 heterocycles. The van der Waals surface area contributed by atoms with Crippen molar-refractivity contribution in [2.75, 3.05) is 30.5 Å². The largest absolute Gasteiger partial charge is 0.495 e. The number of amides is 2. The van der Waals surface area contributed by atoms with Crippen molar-refractivity contribution >= 4 is 23.4 Å². The molecule has 0 unspecified atom stereocenters. The summed E-state index contributed by atoms with van der Waals surface area (Å²) in [6.45, 7) is 4.79. The fourth-order valence-corrected chi connectivity index (χ4v) is 3.68. The van der Waals surface area contributed by atoms with Crippen molar-refractivity contribution in [1.82, 2.24) is 4.57 Å². The van der Waals surface area contributed by atoms with E-state index >= 15 is 0 Å². The van der Waals surface area contributed by atoms with Gasteiger partial charge in [0.2, 0.25) is 0 Å². The van der Waals surface area contributed by atoms with Crippen LogP contribution >= 0.6 is 0 Å². The van der Waals surface area contributed by atoms with Crippen LogP contribution in [0, 0.1) is 13.8 Å². The molecule has 0 bridgehead atoms. The highest BCUT2D eigenvalue weighted by Crippen LogP contribution is 2.30. The van der Waals surface area contributed by atoms with Gasteiger partial charge in [0, 0.05) is 17.0 Å². The molecule has 0 atom stereocenters. The van der Waals surface area contributed by atoms with Crippen LogP contribution in [0.1, 0.15) is 21.7 Å². The molecule has 2 amide bonds. The van der Waals surface area contributed by atoms with Crippen LogP contribution in [0.5, 0.6) is 5.75 Å². The first kappa shape index (κ1) is 19.6. The summed E-state index contributed by atoms with van der Waals surface area (Å²) >= 11 is 0. The van der Waals surface area contributed by atoms with E-state index < -0.39 is 6.09 Å². The van der Waals surface area contributed by atoms with Crippen LogP contribution in [-0.2, 0) is 4.74 Å². The van der Waals surface area contributed by atoms with Crippen LogP contribution in [0.15, 0.2) is 54.6 Å². The Labute approximate surface area is 174 Å². The first-order valence-electron chi connectivity index (χ1n) is 9.67. The molecule has 0 aliphatic carbocycles. The average molecular weight is 405 g/mol. The Morgan fingerprint density at radius 2 is 1.77 bits per heavy atom. The average Bonchev–Trinajstić information content (AvgIpc) is 3.32. The molecular weight excluding hydrogens is 382 g/mol. The van der Waals surface area contributed by atoms with Gasteiger partial charge >= 0.3 is 6.09 Å². The lowest BCUT2D eigenvalue weighted by molar-refractivity contribution is 0.102. The highest BCUT2D eigenvalue weighted by molar-refractivity contribution is 6.07. The third kappa shape index (κ3) is 3.50. The highest BCUT2D eigenvalue weighted by atomic mass is 16.6. The monoisotopic (exact) mass is 405 g/mol. The minimum atomic E-state index is -0.415. The number of carbonyl (C=O) groups is 2. The number of hydrogen-bond acceptors (Lipinski definition) is 4. The SMILES string of the molecule is COc1ccc(C(=O)Nc2ccccc2N2CCOC2=O)cc1-n1c(C)ccc1C. The number of rotatable bonds is 5. The van der Waals surface area contributed by atoms with Crippen LogP contribution in [0.2, 0.25) is 0 Å². The lowest BCUT2D eigenvalue weighted by Crippen LogP contribution is -2.25. The predicted molar refractivity (Wildman–Crippen MR) is 115 cm³/mol. The van der Waals surface area contributed by atoms with Crippen molar-refractivity contribution in [3.8, 4) is 11.4 Å². The topological polar surface area (TPSA) is 72.8 Å². The van der Waals surface area contributed by atoms with Gasteiger partial charge in [-0.25, -0.2) is 4.79 Å². The molecule has 7 heteroatoms. The van der Waals surface area contributed by atoms with E-state index in [0.29, 0.717) is 35.8 Å². The number of benzene rings is 2. The first-order valence-corrected chi connectivity index (χ1v) is 9.67. The number of carbonyl (C=O) groups excluding carboxylic acids is 2. The van der Waals surface area contributed by atoms with Gasteiger partial charge in [0.05, 0.1) is 30.7 Å². The van der Waals surface area contributed by atoms with Crippen LogP contribution < -0.4 is 15.0 Å². The van der Waals surface area contributed by atoms with E-state index in [0.717, 1.165) is 17.1 Å². The van der Waals surface area contributed by atoms with E-state index in [1.54, 1.807) is 37.4 Å². The van der Waals surface area contributed by atoms with Crippen LogP contribution in [0.3, 0.4) is 0 Å². The second kappa shape index (κ2) is 7.94. The van der Waals surface area contributed by atoms with E-state index in [1.165, 1.54) is 4.90 Å². The second-order valence-corrected chi connectivity index (χ2v) is 7.08. The van der Waals surface area contributed by atoms with Gasteiger partial charge in [-0.3, -0.25) is 9.69 Å². The van der Waals surface area contributed by atoms with E-state index in [-0.39, 0.29) is 5.91 Å². The number of aryl methyl sites for hydroxylation is 2. The molecule has 1 aliphatic rings. The number of nitrogens with zero attached hydrogens (tertiary/aromatic N) is 2. The van der Waals surface area contributed by atoms with Gasteiger partial charge < -0.3 is 19.4 Å². The number of anilines is 2. The number of cyclic esters (lactones) is 1. The Kier molecular flexibility index (Phi) is 5.18. The normalized spacial score (nSPS) is 13.3. The fourth-order valence-electron chi connectivity index (χ4n) is 3.68. The molecule has 4 rings (SSSR count). The summed E-state index contributed by atoms with van der Waals surface area (Å²) in [5.74, 6) is 0.399. The molecule has 1 aliphatic heterocycles. The van der Waals surface area contributed by atoms with E-state index in [1.807, 2.05) is 42.7 Å². The smallest absolute Gasteiger partial charge is 0.414 e. The number of hydrogen-bond donors (Lipinski definition) is 1. The molecule has 3 aromatic rings. The van der Waals surface area contributed by atoms with Gasteiger partial charge in [-0.2, -0.15) is 0 Å². The van der Waals surface area contributed by atoms with Crippen LogP contribution in [-0.4, -0.2) is 36.8 Å². The fraction of sp³-hybridized carbons (Fsp3) is 0.217. The second-order valence-electron chi connectivity index (χ2n) is 7.08. The maximum atomic E-state index is 13.1. The van der Waals surface area contributed by atoms with Gasteiger partial charge in [-0.05, 0) is 56.3 Å². The Bertz CT molecular complexity index is 1100. The molecule has 2 aromatic carbocycles. The van der Waals surface area contributed by atoms with Crippen molar-refractivity contribution in [3.63, 3.8) is 0 Å². The number of ether oxygens (including phenoxy) is 2. The molecule has 1 N–H and O–H groups in total. The van der Waals surface area contributed by atoms with Crippen molar-refractivity contribution in [3.05, 3.63) is 71.5 Å². The zero-order valence-corrected chi connectivity index (χ0v) is 17.1. The molecule has 154 valence electrons. The third-order valence-electron chi connectivity index (χ3n) is 5.16. The Morgan fingerprint density at radius 3 is 2.43 bits per heavy atom. The van der Waals surface area contributed by atoms with E-state index in [9.17, 15) is 9.59 Å². The van der Waals surface area contributed by atoms with Gasteiger partial charge in [-0.15, -0.1) is 0 Å². The molecule has 0 spiro atoms. The zero-order valence-electron chi connectivity index (χ0n) is 17.1. The molecule has 0 saturated carbocycles. The Balaban J connectivity index is 1.67. The van der Waals surface area contributed by atoms with Gasteiger partial charge in [0.25, 0.3) is 5.91 Å².